The molecule has 1 atom stereocenters. The van der Waals surface area contributed by atoms with Gasteiger partial charge in [-0.15, -0.1) is 0 Å². The monoisotopic (exact) mass is 257 g/mol. The van der Waals surface area contributed by atoms with E-state index in [1.807, 2.05) is 0 Å². The average Bonchev–Trinajstić information content (AvgIpc) is 3.00. The highest BCUT2D eigenvalue weighted by Crippen LogP contribution is 2.40. The van der Waals surface area contributed by atoms with E-state index in [2.05, 4.69) is 22.5 Å². The van der Waals surface area contributed by atoms with Crippen LogP contribution in [0.3, 0.4) is 0 Å². The van der Waals surface area contributed by atoms with Crippen LogP contribution in [-0.2, 0) is 6.42 Å². The fourth-order valence-corrected chi connectivity index (χ4v) is 4.23. The van der Waals surface area contributed by atoms with Crippen LogP contribution in [0.4, 0.5) is 5.82 Å². The average molecular weight is 257 g/mol. The summed E-state index contributed by atoms with van der Waals surface area (Å²) in [5.74, 6) is 2.12. The first-order valence-corrected chi connectivity index (χ1v) is 7.88. The molecule has 0 spiro atoms. The number of aromatic nitrogens is 1. The molecule has 4 rings (SSSR count). The highest BCUT2D eigenvalue weighted by molar-refractivity contribution is 5.55. The smallest absolute Gasteiger partial charge is 0.132 e. The molecule has 3 heterocycles. The molecule has 2 fully saturated rings. The number of pyridine rings is 1. The molecule has 19 heavy (non-hydrogen) atoms. The van der Waals surface area contributed by atoms with E-state index in [1.165, 1.54) is 44.3 Å². The standard InChI is InChI=1S/C16H23N3/c1-2-4-12(3-1)14-7-8-18-16-15(14)6-5-13-11-17-9-10-19(13)16/h7-8,12-13,17H,1-6,9-11H2/t13-/m1/s1. The summed E-state index contributed by atoms with van der Waals surface area (Å²) in [4.78, 5) is 7.30. The predicted octanol–water partition coefficient (Wildman–Crippen LogP) is 2.46. The maximum Gasteiger partial charge on any atom is 0.132 e. The van der Waals surface area contributed by atoms with Crippen LogP contribution in [0.5, 0.6) is 0 Å². The molecule has 102 valence electrons. The quantitative estimate of drug-likeness (QED) is 0.837. The number of nitrogens with zero attached hydrogens (tertiary/aromatic N) is 2. The molecule has 0 bridgehead atoms. The second-order valence-electron chi connectivity index (χ2n) is 6.27. The van der Waals surface area contributed by atoms with Crippen molar-refractivity contribution in [3.8, 4) is 0 Å². The molecule has 0 aromatic carbocycles. The van der Waals surface area contributed by atoms with Crippen LogP contribution in [0.1, 0.15) is 49.1 Å². The molecule has 1 saturated heterocycles. The van der Waals surface area contributed by atoms with Gasteiger partial charge in [0.25, 0.3) is 0 Å². The molecule has 3 aliphatic rings. The van der Waals surface area contributed by atoms with Gasteiger partial charge in [-0.05, 0) is 48.8 Å². The lowest BCUT2D eigenvalue weighted by Gasteiger charge is -2.42. The Morgan fingerprint density at radius 2 is 2.11 bits per heavy atom. The Bertz CT molecular complexity index is 465. The molecule has 2 aliphatic heterocycles. The minimum atomic E-state index is 0.674. The van der Waals surface area contributed by atoms with E-state index in [0.717, 1.165) is 25.6 Å². The van der Waals surface area contributed by atoms with Gasteiger partial charge in [-0.3, -0.25) is 0 Å². The van der Waals surface area contributed by atoms with Gasteiger partial charge >= 0.3 is 0 Å². The summed E-state index contributed by atoms with van der Waals surface area (Å²) in [6.07, 6.45) is 10.2. The van der Waals surface area contributed by atoms with E-state index in [1.54, 1.807) is 11.1 Å². The second-order valence-corrected chi connectivity index (χ2v) is 6.27. The zero-order valence-electron chi connectivity index (χ0n) is 11.6. The number of anilines is 1. The van der Waals surface area contributed by atoms with E-state index in [-0.39, 0.29) is 0 Å². The summed E-state index contributed by atoms with van der Waals surface area (Å²) in [5, 5.41) is 3.52. The van der Waals surface area contributed by atoms with Crippen LogP contribution in [0, 0.1) is 0 Å². The van der Waals surface area contributed by atoms with Crippen molar-refractivity contribution in [2.75, 3.05) is 24.5 Å². The van der Waals surface area contributed by atoms with Gasteiger partial charge in [-0.1, -0.05) is 12.8 Å². The lowest BCUT2D eigenvalue weighted by atomic mass is 9.87. The summed E-state index contributed by atoms with van der Waals surface area (Å²) in [5.41, 5.74) is 3.20. The third-order valence-corrected chi connectivity index (χ3v) is 5.21. The van der Waals surface area contributed by atoms with E-state index in [0.29, 0.717) is 6.04 Å². The summed E-state index contributed by atoms with van der Waals surface area (Å²) in [7, 11) is 0. The van der Waals surface area contributed by atoms with Crippen molar-refractivity contribution >= 4 is 5.82 Å². The Balaban J connectivity index is 1.72. The first-order valence-electron chi connectivity index (χ1n) is 7.88. The normalized spacial score (nSPS) is 27.2. The van der Waals surface area contributed by atoms with Crippen molar-refractivity contribution in [3.63, 3.8) is 0 Å². The third-order valence-electron chi connectivity index (χ3n) is 5.21. The Morgan fingerprint density at radius 3 is 3.00 bits per heavy atom. The number of hydrogen-bond donors (Lipinski definition) is 1. The van der Waals surface area contributed by atoms with Crippen LogP contribution in [0.2, 0.25) is 0 Å². The highest BCUT2D eigenvalue weighted by Gasteiger charge is 2.32. The molecule has 1 saturated carbocycles. The van der Waals surface area contributed by atoms with Crippen LogP contribution < -0.4 is 10.2 Å². The molecule has 1 N–H and O–H groups in total. The zero-order valence-corrected chi connectivity index (χ0v) is 11.6. The molecule has 1 aromatic rings. The van der Waals surface area contributed by atoms with Gasteiger partial charge in [0, 0.05) is 31.9 Å². The Kier molecular flexibility index (Phi) is 2.95. The Morgan fingerprint density at radius 1 is 1.21 bits per heavy atom. The molecule has 1 aliphatic carbocycles. The summed E-state index contributed by atoms with van der Waals surface area (Å²) in [6, 6.07) is 2.98. The Hall–Kier alpha value is -1.09. The SMILES string of the molecule is c1cc(C2CCCC2)c2c(n1)N1CCNC[C@H]1CC2. The van der Waals surface area contributed by atoms with Crippen molar-refractivity contribution in [2.45, 2.75) is 50.5 Å². The molecule has 0 amide bonds. The van der Waals surface area contributed by atoms with Gasteiger partial charge < -0.3 is 10.2 Å². The molecule has 1 aromatic heterocycles. The van der Waals surface area contributed by atoms with E-state index in [9.17, 15) is 0 Å². The predicted molar refractivity (Wildman–Crippen MR) is 77.8 cm³/mol. The zero-order chi connectivity index (χ0) is 12.7. The van der Waals surface area contributed by atoms with Crippen molar-refractivity contribution in [1.82, 2.24) is 10.3 Å². The minimum Gasteiger partial charge on any atom is -0.351 e. The van der Waals surface area contributed by atoms with Gasteiger partial charge in [0.15, 0.2) is 0 Å². The van der Waals surface area contributed by atoms with E-state index in [4.69, 9.17) is 4.98 Å². The van der Waals surface area contributed by atoms with Gasteiger partial charge in [0.2, 0.25) is 0 Å². The lowest BCUT2D eigenvalue weighted by molar-refractivity contribution is 0.434. The lowest BCUT2D eigenvalue weighted by Crippen LogP contribution is -2.53. The fourth-order valence-electron chi connectivity index (χ4n) is 4.23. The molecule has 3 nitrogen and oxygen atoms in total. The first kappa shape index (κ1) is 11.7. The van der Waals surface area contributed by atoms with Crippen LogP contribution >= 0.6 is 0 Å². The van der Waals surface area contributed by atoms with Crippen molar-refractivity contribution in [3.05, 3.63) is 23.4 Å². The minimum absolute atomic E-state index is 0.674. The van der Waals surface area contributed by atoms with Crippen LogP contribution in [0.15, 0.2) is 12.3 Å². The molecular formula is C16H23N3. The highest BCUT2D eigenvalue weighted by atomic mass is 15.3. The van der Waals surface area contributed by atoms with E-state index >= 15 is 0 Å². The largest absolute Gasteiger partial charge is 0.351 e. The van der Waals surface area contributed by atoms with Gasteiger partial charge in [0.1, 0.15) is 5.82 Å². The molecule has 0 unspecified atom stereocenters. The molecule has 3 heteroatoms. The second kappa shape index (κ2) is 4.78. The topological polar surface area (TPSA) is 28.2 Å². The maximum absolute atomic E-state index is 4.73. The third kappa shape index (κ3) is 1.95. The summed E-state index contributed by atoms with van der Waals surface area (Å²) < 4.78 is 0. The Labute approximate surface area is 115 Å². The number of hydrogen-bond acceptors (Lipinski definition) is 3. The number of fused-ring (bicyclic) bond motifs is 3. The van der Waals surface area contributed by atoms with Crippen LogP contribution in [0.25, 0.3) is 0 Å². The van der Waals surface area contributed by atoms with Crippen molar-refractivity contribution in [1.29, 1.82) is 0 Å². The van der Waals surface area contributed by atoms with E-state index < -0.39 is 0 Å². The maximum atomic E-state index is 4.73. The first-order chi connectivity index (χ1) is 9.43. The number of nitrogens with one attached hydrogen (secondary N) is 1. The van der Waals surface area contributed by atoms with Crippen molar-refractivity contribution < 1.29 is 0 Å². The number of piperazine rings is 1. The van der Waals surface area contributed by atoms with Gasteiger partial charge in [-0.25, -0.2) is 4.98 Å². The van der Waals surface area contributed by atoms with Crippen molar-refractivity contribution in [2.24, 2.45) is 0 Å². The molecular weight excluding hydrogens is 234 g/mol. The van der Waals surface area contributed by atoms with Gasteiger partial charge in [-0.2, -0.15) is 0 Å². The van der Waals surface area contributed by atoms with Crippen LogP contribution in [-0.4, -0.2) is 30.7 Å². The fraction of sp³-hybridized carbons (Fsp3) is 0.688. The van der Waals surface area contributed by atoms with Gasteiger partial charge in [0.05, 0.1) is 0 Å². The number of rotatable bonds is 1. The summed E-state index contributed by atoms with van der Waals surface area (Å²) in [6.45, 7) is 3.36. The summed E-state index contributed by atoms with van der Waals surface area (Å²) >= 11 is 0. The molecule has 0 radical (unpaired) electrons.